The number of hydrogen-bond acceptors (Lipinski definition) is 6. The van der Waals surface area contributed by atoms with E-state index in [0.717, 1.165) is 58.3 Å². The summed E-state index contributed by atoms with van der Waals surface area (Å²) < 4.78 is 18.2. The third-order valence-electron chi connectivity index (χ3n) is 4.45. The number of nitrogens with zero attached hydrogens (tertiary/aromatic N) is 4. The average Bonchev–Trinajstić information content (AvgIpc) is 2.57. The lowest BCUT2D eigenvalue weighted by molar-refractivity contribution is 0.00655. The van der Waals surface area contributed by atoms with Gasteiger partial charge in [0, 0.05) is 52.4 Å². The van der Waals surface area contributed by atoms with E-state index in [4.69, 9.17) is 4.74 Å². The van der Waals surface area contributed by atoms with Crippen molar-refractivity contribution in [1.29, 1.82) is 0 Å². The van der Waals surface area contributed by atoms with Crippen molar-refractivity contribution in [2.45, 2.75) is 6.10 Å². The van der Waals surface area contributed by atoms with Crippen molar-refractivity contribution in [2.75, 3.05) is 70.5 Å². The quantitative estimate of drug-likeness (QED) is 0.825. The van der Waals surface area contributed by atoms with E-state index in [1.807, 2.05) is 0 Å². The number of hydrogen-bond donors (Lipinski definition) is 1. The summed E-state index contributed by atoms with van der Waals surface area (Å²) in [5.74, 6) is 0.513. The molecule has 1 unspecified atom stereocenters. The van der Waals surface area contributed by atoms with Gasteiger partial charge in [-0.05, 0) is 12.1 Å². The molecule has 7 heteroatoms. The number of aliphatic hydroxyl groups is 1. The molecule has 6 nitrogen and oxygen atoms in total. The molecule has 1 aromatic rings. The highest BCUT2D eigenvalue weighted by Crippen LogP contribution is 2.14. The number of anilines is 1. The fraction of sp³-hybridized carbons (Fsp3) is 0.688. The Bertz CT molecular complexity index is 473. The topological polar surface area (TPSA) is 52.1 Å². The Hall–Kier alpha value is -1.28. The zero-order valence-corrected chi connectivity index (χ0v) is 13.4. The fourth-order valence-electron chi connectivity index (χ4n) is 3.15. The molecule has 0 aliphatic carbocycles. The molecule has 2 aliphatic heterocycles. The Morgan fingerprint density at radius 1 is 1.04 bits per heavy atom. The van der Waals surface area contributed by atoms with E-state index >= 15 is 0 Å². The lowest BCUT2D eigenvalue weighted by Crippen LogP contribution is -2.51. The van der Waals surface area contributed by atoms with Crippen molar-refractivity contribution in [3.05, 3.63) is 24.1 Å². The maximum Gasteiger partial charge on any atom is 0.141 e. The molecular formula is C16H25FN4O2. The van der Waals surface area contributed by atoms with E-state index in [0.29, 0.717) is 13.1 Å². The summed E-state index contributed by atoms with van der Waals surface area (Å²) >= 11 is 0. The molecule has 3 rings (SSSR count). The van der Waals surface area contributed by atoms with E-state index in [9.17, 15) is 9.50 Å². The van der Waals surface area contributed by atoms with Crippen LogP contribution in [0.25, 0.3) is 0 Å². The highest BCUT2D eigenvalue weighted by Gasteiger charge is 2.22. The summed E-state index contributed by atoms with van der Waals surface area (Å²) in [6, 6.07) is 3.17. The van der Waals surface area contributed by atoms with Gasteiger partial charge in [-0.2, -0.15) is 0 Å². The zero-order valence-electron chi connectivity index (χ0n) is 13.4. The number of halogens is 1. The normalized spacial score (nSPS) is 22.3. The van der Waals surface area contributed by atoms with Gasteiger partial charge in [-0.3, -0.25) is 9.80 Å². The standard InChI is InChI=1S/C16H25FN4O2/c17-14-1-2-16(18-11-14)21-5-3-19(4-6-21)12-15(22)13-20-7-9-23-10-8-20/h1-2,11,15,22H,3-10,12-13H2. The SMILES string of the molecule is OC(CN1CCOCC1)CN1CCN(c2ccc(F)cn2)CC1. The van der Waals surface area contributed by atoms with Gasteiger partial charge < -0.3 is 14.7 Å². The van der Waals surface area contributed by atoms with Crippen molar-refractivity contribution < 1.29 is 14.2 Å². The molecule has 3 heterocycles. The van der Waals surface area contributed by atoms with E-state index in [1.165, 1.54) is 12.3 Å². The number of rotatable bonds is 5. The van der Waals surface area contributed by atoms with Crippen molar-refractivity contribution in [1.82, 2.24) is 14.8 Å². The van der Waals surface area contributed by atoms with Crippen molar-refractivity contribution in [3.63, 3.8) is 0 Å². The Labute approximate surface area is 136 Å². The van der Waals surface area contributed by atoms with Gasteiger partial charge in [0.25, 0.3) is 0 Å². The minimum Gasteiger partial charge on any atom is -0.390 e. The molecule has 0 aromatic carbocycles. The minimum absolute atomic E-state index is 0.307. The van der Waals surface area contributed by atoms with Gasteiger partial charge in [0.15, 0.2) is 0 Å². The Morgan fingerprint density at radius 3 is 2.30 bits per heavy atom. The average molecular weight is 324 g/mol. The van der Waals surface area contributed by atoms with Crippen LogP contribution in [-0.2, 0) is 4.74 Å². The third-order valence-corrected chi connectivity index (χ3v) is 4.45. The summed E-state index contributed by atoms with van der Waals surface area (Å²) in [6.45, 7) is 8.21. The molecule has 1 atom stereocenters. The van der Waals surface area contributed by atoms with Crippen LogP contribution in [0.15, 0.2) is 18.3 Å². The largest absolute Gasteiger partial charge is 0.390 e. The van der Waals surface area contributed by atoms with Gasteiger partial charge in [0.05, 0.1) is 25.5 Å². The maximum absolute atomic E-state index is 12.9. The fourth-order valence-corrected chi connectivity index (χ4v) is 3.15. The monoisotopic (exact) mass is 324 g/mol. The predicted molar refractivity (Wildman–Crippen MR) is 86.1 cm³/mol. The highest BCUT2D eigenvalue weighted by atomic mass is 19.1. The smallest absolute Gasteiger partial charge is 0.141 e. The Balaban J connectivity index is 1.40. The molecule has 1 N–H and O–H groups in total. The van der Waals surface area contributed by atoms with E-state index in [1.54, 1.807) is 6.07 Å². The molecule has 128 valence electrons. The molecule has 2 aliphatic rings. The number of pyridine rings is 1. The first-order chi connectivity index (χ1) is 11.2. The summed E-state index contributed by atoms with van der Waals surface area (Å²) in [4.78, 5) is 10.8. The minimum atomic E-state index is -0.330. The Morgan fingerprint density at radius 2 is 1.70 bits per heavy atom. The van der Waals surface area contributed by atoms with E-state index in [-0.39, 0.29) is 11.9 Å². The van der Waals surface area contributed by atoms with Crippen molar-refractivity contribution in [3.8, 4) is 0 Å². The molecule has 0 amide bonds. The first kappa shape index (κ1) is 16.6. The van der Waals surface area contributed by atoms with Crippen LogP contribution >= 0.6 is 0 Å². The van der Waals surface area contributed by atoms with Crippen LogP contribution in [0, 0.1) is 5.82 Å². The van der Waals surface area contributed by atoms with Gasteiger partial charge in [-0.1, -0.05) is 0 Å². The second-order valence-electron chi connectivity index (χ2n) is 6.19. The third kappa shape index (κ3) is 4.84. The number of aliphatic hydroxyl groups excluding tert-OH is 1. The first-order valence-corrected chi connectivity index (χ1v) is 8.28. The van der Waals surface area contributed by atoms with Crippen molar-refractivity contribution in [2.24, 2.45) is 0 Å². The number of piperazine rings is 1. The Kier molecular flexibility index (Phi) is 5.77. The van der Waals surface area contributed by atoms with Crippen LogP contribution in [0.3, 0.4) is 0 Å². The molecule has 2 saturated heterocycles. The molecule has 0 spiro atoms. The number of ether oxygens (including phenoxy) is 1. The summed E-state index contributed by atoms with van der Waals surface area (Å²) in [7, 11) is 0. The summed E-state index contributed by atoms with van der Waals surface area (Å²) in [6.07, 6.45) is 0.928. The zero-order chi connectivity index (χ0) is 16.1. The summed E-state index contributed by atoms with van der Waals surface area (Å²) in [5.41, 5.74) is 0. The number of aromatic nitrogens is 1. The second-order valence-corrected chi connectivity index (χ2v) is 6.19. The number of morpholine rings is 1. The molecule has 23 heavy (non-hydrogen) atoms. The van der Waals surface area contributed by atoms with Crippen molar-refractivity contribution >= 4 is 5.82 Å². The lowest BCUT2D eigenvalue weighted by atomic mass is 10.2. The predicted octanol–water partition coefficient (Wildman–Crippen LogP) is 0.0358. The van der Waals surface area contributed by atoms with E-state index in [2.05, 4.69) is 19.7 Å². The number of β-amino-alcohol motifs (C(OH)–C–C–N with tert-alkyl or cyclic N) is 1. The van der Waals surface area contributed by atoms with Crippen LogP contribution in [0.2, 0.25) is 0 Å². The maximum atomic E-state index is 12.9. The molecule has 1 aromatic heterocycles. The molecule has 2 fully saturated rings. The van der Waals surface area contributed by atoms with Crippen LogP contribution in [0.1, 0.15) is 0 Å². The molecular weight excluding hydrogens is 299 g/mol. The van der Waals surface area contributed by atoms with Crippen LogP contribution < -0.4 is 4.90 Å². The summed E-state index contributed by atoms with van der Waals surface area (Å²) in [5, 5.41) is 10.3. The van der Waals surface area contributed by atoms with Crippen LogP contribution in [0.4, 0.5) is 10.2 Å². The van der Waals surface area contributed by atoms with Gasteiger partial charge in [0.2, 0.25) is 0 Å². The molecule has 0 radical (unpaired) electrons. The highest BCUT2D eigenvalue weighted by molar-refractivity contribution is 5.38. The van der Waals surface area contributed by atoms with Crippen LogP contribution in [0.5, 0.6) is 0 Å². The first-order valence-electron chi connectivity index (χ1n) is 8.28. The van der Waals surface area contributed by atoms with Gasteiger partial charge in [-0.15, -0.1) is 0 Å². The molecule has 0 bridgehead atoms. The van der Waals surface area contributed by atoms with Gasteiger partial charge >= 0.3 is 0 Å². The molecule has 0 saturated carbocycles. The van der Waals surface area contributed by atoms with Crippen LogP contribution in [-0.4, -0.2) is 91.6 Å². The van der Waals surface area contributed by atoms with Gasteiger partial charge in [0.1, 0.15) is 11.6 Å². The second kappa shape index (κ2) is 8.01. The van der Waals surface area contributed by atoms with Gasteiger partial charge in [-0.25, -0.2) is 9.37 Å². The lowest BCUT2D eigenvalue weighted by Gasteiger charge is -2.37. The van der Waals surface area contributed by atoms with E-state index < -0.39 is 0 Å².